The van der Waals surface area contributed by atoms with Crippen LogP contribution in [-0.4, -0.2) is 4.57 Å². The molecule has 1 unspecified atom stereocenters. The molecule has 1 aromatic carbocycles. The summed E-state index contributed by atoms with van der Waals surface area (Å²) in [6, 6.07) is 10.1. The van der Waals surface area contributed by atoms with E-state index in [1.54, 1.807) is 17.7 Å². The highest BCUT2D eigenvalue weighted by molar-refractivity contribution is 5.44. The Balaban J connectivity index is 2.22. The van der Waals surface area contributed by atoms with Gasteiger partial charge in [0.1, 0.15) is 0 Å². The van der Waals surface area contributed by atoms with Crippen LogP contribution in [0.5, 0.6) is 0 Å². The van der Waals surface area contributed by atoms with Crippen LogP contribution in [0, 0.1) is 13.8 Å². The van der Waals surface area contributed by atoms with Gasteiger partial charge in [-0.3, -0.25) is 4.79 Å². The second-order valence-corrected chi connectivity index (χ2v) is 5.15. The zero-order chi connectivity index (χ0) is 14.0. The molecule has 3 nitrogen and oxygen atoms in total. The summed E-state index contributed by atoms with van der Waals surface area (Å²) < 4.78 is 1.58. The van der Waals surface area contributed by atoms with Crippen LogP contribution in [0.3, 0.4) is 0 Å². The lowest BCUT2D eigenvalue weighted by atomic mass is 10.0. The van der Waals surface area contributed by atoms with Crippen molar-refractivity contribution >= 4 is 5.69 Å². The smallest absolute Gasteiger partial charge is 0.250 e. The summed E-state index contributed by atoms with van der Waals surface area (Å²) in [6.07, 6.45) is 1.82. The average molecular weight is 256 g/mol. The fourth-order valence-electron chi connectivity index (χ4n) is 2.27. The minimum Gasteiger partial charge on any atom is -0.377 e. The summed E-state index contributed by atoms with van der Waals surface area (Å²) in [5.41, 5.74) is 4.75. The molecule has 2 aromatic rings. The number of aryl methyl sites for hydroxylation is 3. The maximum Gasteiger partial charge on any atom is 0.250 e. The SMILES string of the molecule is Cc1cc(C)cc(C(C)Nc2ccc(=O)n(C)c2)c1. The maximum absolute atomic E-state index is 11.4. The number of hydrogen-bond acceptors (Lipinski definition) is 2. The molecule has 1 heterocycles. The van der Waals surface area contributed by atoms with Crippen molar-refractivity contribution < 1.29 is 0 Å². The minimum atomic E-state index is 0.00426. The first kappa shape index (κ1) is 13.4. The fraction of sp³-hybridized carbons (Fsp3) is 0.312. The van der Waals surface area contributed by atoms with Crippen molar-refractivity contribution in [2.75, 3.05) is 5.32 Å². The summed E-state index contributed by atoms with van der Waals surface area (Å²) in [5.74, 6) is 0. The number of nitrogens with zero attached hydrogens (tertiary/aromatic N) is 1. The predicted molar refractivity (Wildman–Crippen MR) is 79.6 cm³/mol. The summed E-state index contributed by atoms with van der Waals surface area (Å²) >= 11 is 0. The third-order valence-electron chi connectivity index (χ3n) is 3.21. The number of aromatic nitrogens is 1. The topological polar surface area (TPSA) is 34.0 Å². The van der Waals surface area contributed by atoms with Crippen LogP contribution >= 0.6 is 0 Å². The molecular weight excluding hydrogens is 236 g/mol. The molecule has 0 saturated carbocycles. The molecule has 2 rings (SSSR count). The van der Waals surface area contributed by atoms with Crippen LogP contribution in [0.15, 0.2) is 41.3 Å². The summed E-state index contributed by atoms with van der Waals surface area (Å²) in [6.45, 7) is 6.34. The number of pyridine rings is 1. The van der Waals surface area contributed by atoms with Crippen molar-refractivity contribution in [3.8, 4) is 0 Å². The molecule has 1 N–H and O–H groups in total. The molecular formula is C16H20N2O. The first-order chi connectivity index (χ1) is 8.95. The number of anilines is 1. The fourth-order valence-corrected chi connectivity index (χ4v) is 2.27. The molecule has 0 fully saturated rings. The molecule has 0 bridgehead atoms. The van der Waals surface area contributed by atoms with Gasteiger partial charge in [0.2, 0.25) is 5.56 Å². The number of hydrogen-bond donors (Lipinski definition) is 1. The van der Waals surface area contributed by atoms with Gasteiger partial charge in [-0.25, -0.2) is 0 Å². The molecule has 3 heteroatoms. The van der Waals surface area contributed by atoms with Crippen molar-refractivity contribution in [3.63, 3.8) is 0 Å². The van der Waals surface area contributed by atoms with E-state index in [2.05, 4.69) is 44.3 Å². The van der Waals surface area contributed by atoms with E-state index in [-0.39, 0.29) is 11.6 Å². The highest BCUT2D eigenvalue weighted by atomic mass is 16.1. The van der Waals surface area contributed by atoms with Crippen molar-refractivity contribution in [1.29, 1.82) is 0 Å². The van der Waals surface area contributed by atoms with Crippen LogP contribution in [0.2, 0.25) is 0 Å². The van der Waals surface area contributed by atoms with Gasteiger partial charge >= 0.3 is 0 Å². The van der Waals surface area contributed by atoms with E-state index < -0.39 is 0 Å². The average Bonchev–Trinajstić information content (AvgIpc) is 2.32. The van der Waals surface area contributed by atoms with Gasteiger partial charge in [0.15, 0.2) is 0 Å². The normalized spacial score (nSPS) is 12.2. The largest absolute Gasteiger partial charge is 0.377 e. The van der Waals surface area contributed by atoms with E-state index in [1.165, 1.54) is 16.7 Å². The van der Waals surface area contributed by atoms with E-state index >= 15 is 0 Å². The summed E-state index contributed by atoms with van der Waals surface area (Å²) in [7, 11) is 1.76. The second-order valence-electron chi connectivity index (χ2n) is 5.15. The molecule has 0 saturated heterocycles. The molecule has 0 spiro atoms. The molecule has 0 amide bonds. The Bertz CT molecular complexity index is 623. The van der Waals surface area contributed by atoms with E-state index in [0.717, 1.165) is 5.69 Å². The molecule has 19 heavy (non-hydrogen) atoms. The van der Waals surface area contributed by atoms with E-state index in [1.807, 2.05) is 12.3 Å². The molecule has 0 aliphatic carbocycles. The van der Waals surface area contributed by atoms with Crippen LogP contribution in [0.1, 0.15) is 29.7 Å². The number of nitrogens with one attached hydrogen (secondary N) is 1. The molecule has 0 aliphatic heterocycles. The Labute approximate surface area is 113 Å². The van der Waals surface area contributed by atoms with E-state index in [4.69, 9.17) is 0 Å². The third-order valence-corrected chi connectivity index (χ3v) is 3.21. The Morgan fingerprint density at radius 3 is 2.32 bits per heavy atom. The lowest BCUT2D eigenvalue weighted by Gasteiger charge is -2.17. The lowest BCUT2D eigenvalue weighted by Crippen LogP contribution is -2.16. The van der Waals surface area contributed by atoms with Crippen LogP contribution < -0.4 is 10.9 Å². The highest BCUT2D eigenvalue weighted by Gasteiger charge is 2.07. The third kappa shape index (κ3) is 3.25. The minimum absolute atomic E-state index is 0.00426. The molecule has 1 atom stereocenters. The van der Waals surface area contributed by atoms with Crippen molar-refractivity contribution in [3.05, 3.63) is 63.6 Å². The van der Waals surface area contributed by atoms with Gasteiger partial charge in [-0.2, -0.15) is 0 Å². The molecule has 0 aliphatic rings. The van der Waals surface area contributed by atoms with Gasteiger partial charge < -0.3 is 9.88 Å². The van der Waals surface area contributed by atoms with Crippen LogP contribution in [-0.2, 0) is 7.05 Å². The maximum atomic E-state index is 11.4. The Morgan fingerprint density at radius 2 is 1.74 bits per heavy atom. The van der Waals surface area contributed by atoms with Gasteiger partial charge in [-0.1, -0.05) is 29.3 Å². The van der Waals surface area contributed by atoms with Gasteiger partial charge in [-0.05, 0) is 32.4 Å². The van der Waals surface area contributed by atoms with Gasteiger partial charge in [0.25, 0.3) is 0 Å². The van der Waals surface area contributed by atoms with Crippen molar-refractivity contribution in [1.82, 2.24) is 4.57 Å². The zero-order valence-electron chi connectivity index (χ0n) is 11.9. The molecule has 0 radical (unpaired) electrons. The molecule has 100 valence electrons. The van der Waals surface area contributed by atoms with Crippen molar-refractivity contribution in [2.45, 2.75) is 26.8 Å². The van der Waals surface area contributed by atoms with E-state index in [0.29, 0.717) is 0 Å². The van der Waals surface area contributed by atoms with Gasteiger partial charge in [0.05, 0.1) is 5.69 Å². The quantitative estimate of drug-likeness (QED) is 0.915. The first-order valence-corrected chi connectivity index (χ1v) is 6.47. The second kappa shape index (κ2) is 5.31. The zero-order valence-corrected chi connectivity index (χ0v) is 11.9. The lowest BCUT2D eigenvalue weighted by molar-refractivity contribution is 0.839. The first-order valence-electron chi connectivity index (χ1n) is 6.47. The van der Waals surface area contributed by atoms with E-state index in [9.17, 15) is 4.79 Å². The van der Waals surface area contributed by atoms with Crippen LogP contribution in [0.4, 0.5) is 5.69 Å². The van der Waals surface area contributed by atoms with Gasteiger partial charge in [0, 0.05) is 25.4 Å². The van der Waals surface area contributed by atoms with Gasteiger partial charge in [-0.15, -0.1) is 0 Å². The standard InChI is InChI=1S/C16H20N2O/c1-11-7-12(2)9-14(8-11)13(3)17-15-5-6-16(19)18(4)10-15/h5-10,13,17H,1-4H3. The monoisotopic (exact) mass is 256 g/mol. The van der Waals surface area contributed by atoms with Crippen molar-refractivity contribution in [2.24, 2.45) is 7.05 Å². The highest BCUT2D eigenvalue weighted by Crippen LogP contribution is 2.20. The predicted octanol–water partition coefficient (Wildman–Crippen LogP) is 3.18. The summed E-state index contributed by atoms with van der Waals surface area (Å²) in [5, 5.41) is 3.42. The summed E-state index contributed by atoms with van der Waals surface area (Å²) in [4.78, 5) is 11.4. The Hall–Kier alpha value is -2.03. The number of benzene rings is 1. The number of rotatable bonds is 3. The Kier molecular flexibility index (Phi) is 3.74. The van der Waals surface area contributed by atoms with Crippen LogP contribution in [0.25, 0.3) is 0 Å². The Morgan fingerprint density at radius 1 is 1.11 bits per heavy atom. The molecule has 1 aromatic heterocycles.